The van der Waals surface area contributed by atoms with Crippen molar-refractivity contribution in [3.63, 3.8) is 0 Å². The number of hydrogen-bond donors (Lipinski definition) is 0. The van der Waals surface area contributed by atoms with E-state index in [9.17, 15) is 57.5 Å². The first-order valence-electron chi connectivity index (χ1n) is 5.34. The maximum Gasteiger partial charge on any atom is 0.457 e. The summed E-state index contributed by atoms with van der Waals surface area (Å²) in [7, 11) is 0. The number of halogens is 12. The Morgan fingerprint density at radius 3 is 1.33 bits per heavy atom. The largest absolute Gasteiger partial charge is 0.457 e. The molecule has 0 aromatic rings. The van der Waals surface area contributed by atoms with Crippen molar-refractivity contribution in [1.29, 1.82) is 0 Å². The van der Waals surface area contributed by atoms with Crippen LogP contribution in [-0.4, -0.2) is 42.2 Å². The first-order chi connectivity index (χ1) is 10.2. The molecule has 142 valence electrons. The Morgan fingerprint density at radius 2 is 1.12 bits per heavy atom. The Labute approximate surface area is 125 Å². The molecule has 0 spiro atoms. The molecule has 0 aliphatic heterocycles. The van der Waals surface area contributed by atoms with Gasteiger partial charge in [-0.05, 0) is 6.92 Å². The Hall–Kier alpha value is -1.63. The van der Waals surface area contributed by atoms with Crippen LogP contribution in [0.3, 0.4) is 0 Å². The van der Waals surface area contributed by atoms with Crippen LogP contribution < -0.4 is 0 Å². The molecule has 1 atom stereocenters. The second-order valence-electron chi connectivity index (χ2n) is 4.39. The average molecular weight is 386 g/mol. The lowest BCUT2D eigenvalue weighted by Crippen LogP contribution is -2.69. The summed E-state index contributed by atoms with van der Waals surface area (Å²) in [5.74, 6) is -9.54. The number of rotatable bonds is 4. The van der Waals surface area contributed by atoms with Crippen LogP contribution in [-0.2, 0) is 9.53 Å². The van der Waals surface area contributed by atoms with Crippen LogP contribution in [0, 0.1) is 0 Å². The summed E-state index contributed by atoms with van der Waals surface area (Å²) < 4.78 is 154. The summed E-state index contributed by atoms with van der Waals surface area (Å²) in [6.45, 7) is 3.08. The topological polar surface area (TPSA) is 26.3 Å². The van der Waals surface area contributed by atoms with Crippen molar-refractivity contribution in [1.82, 2.24) is 0 Å². The summed E-state index contributed by atoms with van der Waals surface area (Å²) in [5, 5.41) is 0. The van der Waals surface area contributed by atoms with Gasteiger partial charge in [0, 0.05) is 5.57 Å². The van der Waals surface area contributed by atoms with Crippen LogP contribution in [0.4, 0.5) is 52.7 Å². The second kappa shape index (κ2) is 6.02. The van der Waals surface area contributed by atoms with Crippen molar-refractivity contribution >= 4 is 5.97 Å². The molecule has 0 aromatic heterocycles. The SMILES string of the molecule is C=C(C)C(=O)OC(C(F)(F)C(F)(F)F)C(F)(C(F)(F)F)C(F)(F)F. The third-order valence-corrected chi connectivity index (χ3v) is 2.47. The molecule has 1 unspecified atom stereocenters. The van der Waals surface area contributed by atoms with E-state index in [1.165, 1.54) is 0 Å². The van der Waals surface area contributed by atoms with Crippen LogP contribution >= 0.6 is 0 Å². The fraction of sp³-hybridized carbons (Fsp3) is 0.700. The molecule has 2 nitrogen and oxygen atoms in total. The lowest BCUT2D eigenvalue weighted by molar-refractivity contribution is -0.409. The molecule has 0 aliphatic rings. The summed E-state index contributed by atoms with van der Waals surface area (Å²) in [6.07, 6.45) is -27.4. The van der Waals surface area contributed by atoms with Crippen LogP contribution in [0.5, 0.6) is 0 Å². The molecule has 0 N–H and O–H groups in total. The van der Waals surface area contributed by atoms with Crippen molar-refractivity contribution in [2.45, 2.75) is 43.1 Å². The van der Waals surface area contributed by atoms with Crippen LogP contribution in [0.15, 0.2) is 12.2 Å². The highest BCUT2D eigenvalue weighted by molar-refractivity contribution is 5.87. The number of alkyl halides is 12. The Balaban J connectivity index is 6.59. The number of carbonyl (C=O) groups excluding carboxylic acids is 1. The molecule has 0 aliphatic carbocycles. The fourth-order valence-corrected chi connectivity index (χ4v) is 1.22. The normalized spacial score (nSPS) is 15.9. The van der Waals surface area contributed by atoms with Gasteiger partial charge in [0.1, 0.15) is 0 Å². The number of ether oxygens (including phenoxy) is 1. The van der Waals surface area contributed by atoms with Gasteiger partial charge in [-0.2, -0.15) is 48.3 Å². The van der Waals surface area contributed by atoms with E-state index >= 15 is 0 Å². The Morgan fingerprint density at radius 1 is 0.792 bits per heavy atom. The highest BCUT2D eigenvalue weighted by Gasteiger charge is 2.85. The molecule has 0 amide bonds. The number of esters is 1. The molecular weight excluding hydrogens is 380 g/mol. The van der Waals surface area contributed by atoms with Crippen molar-refractivity contribution in [3.8, 4) is 0 Å². The zero-order valence-corrected chi connectivity index (χ0v) is 11.1. The van der Waals surface area contributed by atoms with E-state index in [0.717, 1.165) is 0 Å². The van der Waals surface area contributed by atoms with Crippen molar-refractivity contribution < 1.29 is 62.2 Å². The highest BCUT2D eigenvalue weighted by Crippen LogP contribution is 2.55. The third kappa shape index (κ3) is 3.71. The van der Waals surface area contributed by atoms with Gasteiger partial charge >= 0.3 is 36.1 Å². The molecule has 0 bridgehead atoms. The zero-order valence-electron chi connectivity index (χ0n) is 11.1. The zero-order chi connectivity index (χ0) is 19.9. The summed E-state index contributed by atoms with van der Waals surface area (Å²) >= 11 is 0. The van der Waals surface area contributed by atoms with E-state index in [2.05, 4.69) is 11.3 Å². The standard InChI is InChI=1S/C10H6F12O2/c1-3(2)4(23)24-5(7(12,13)10(20,21)22)6(11,8(14,15)16)9(17,18)19/h5H,1H2,2H3. The smallest absolute Gasteiger partial charge is 0.448 e. The van der Waals surface area contributed by atoms with E-state index in [4.69, 9.17) is 0 Å². The number of carbonyl (C=O) groups is 1. The van der Waals surface area contributed by atoms with Gasteiger partial charge in [-0.15, -0.1) is 0 Å². The van der Waals surface area contributed by atoms with E-state index < -0.39 is 47.8 Å². The van der Waals surface area contributed by atoms with E-state index in [0.29, 0.717) is 6.92 Å². The molecule has 24 heavy (non-hydrogen) atoms. The molecular formula is C10H6F12O2. The summed E-state index contributed by atoms with van der Waals surface area (Å²) in [6, 6.07) is 0. The van der Waals surface area contributed by atoms with Crippen LogP contribution in [0.1, 0.15) is 6.92 Å². The highest BCUT2D eigenvalue weighted by atomic mass is 19.4. The molecule has 0 aromatic carbocycles. The molecule has 0 saturated heterocycles. The maximum atomic E-state index is 13.6. The van der Waals surface area contributed by atoms with E-state index in [-0.39, 0.29) is 0 Å². The first-order valence-corrected chi connectivity index (χ1v) is 5.34. The van der Waals surface area contributed by atoms with Crippen molar-refractivity contribution in [2.24, 2.45) is 0 Å². The molecule has 0 heterocycles. The van der Waals surface area contributed by atoms with E-state index in [1.54, 1.807) is 0 Å². The average Bonchev–Trinajstić information content (AvgIpc) is 2.29. The quantitative estimate of drug-likeness (QED) is 0.404. The minimum Gasteiger partial charge on any atom is -0.448 e. The lowest BCUT2D eigenvalue weighted by Gasteiger charge is -2.39. The van der Waals surface area contributed by atoms with Crippen molar-refractivity contribution in [2.75, 3.05) is 0 Å². The minimum absolute atomic E-state index is 0.506. The Bertz CT molecular complexity index is 483. The van der Waals surface area contributed by atoms with Gasteiger partial charge in [-0.3, -0.25) is 0 Å². The third-order valence-electron chi connectivity index (χ3n) is 2.47. The monoisotopic (exact) mass is 386 g/mol. The van der Waals surface area contributed by atoms with Crippen LogP contribution in [0.25, 0.3) is 0 Å². The van der Waals surface area contributed by atoms with Gasteiger partial charge in [0.15, 0.2) is 0 Å². The Kier molecular flexibility index (Phi) is 5.61. The van der Waals surface area contributed by atoms with Gasteiger partial charge in [-0.1, -0.05) is 6.58 Å². The second-order valence-corrected chi connectivity index (χ2v) is 4.39. The fourth-order valence-electron chi connectivity index (χ4n) is 1.22. The summed E-state index contributed by atoms with van der Waals surface area (Å²) in [4.78, 5) is 10.9. The van der Waals surface area contributed by atoms with Crippen LogP contribution in [0.2, 0.25) is 0 Å². The number of hydrogen-bond acceptors (Lipinski definition) is 2. The van der Waals surface area contributed by atoms with Crippen molar-refractivity contribution in [3.05, 3.63) is 12.2 Å². The van der Waals surface area contributed by atoms with Gasteiger partial charge in [-0.25, -0.2) is 9.18 Å². The first kappa shape index (κ1) is 22.4. The minimum atomic E-state index is -7.32. The van der Waals surface area contributed by atoms with Gasteiger partial charge in [0.05, 0.1) is 0 Å². The van der Waals surface area contributed by atoms with E-state index in [1.807, 2.05) is 0 Å². The molecule has 0 radical (unpaired) electrons. The maximum absolute atomic E-state index is 13.6. The predicted octanol–water partition coefficient (Wildman–Crippen LogP) is 4.50. The van der Waals surface area contributed by atoms with Gasteiger partial charge in [0.25, 0.3) is 0 Å². The molecule has 0 fully saturated rings. The van der Waals surface area contributed by atoms with Gasteiger partial charge in [0.2, 0.25) is 6.10 Å². The molecule has 0 rings (SSSR count). The predicted molar refractivity (Wildman–Crippen MR) is 51.6 cm³/mol. The molecule has 14 heteroatoms. The van der Waals surface area contributed by atoms with Gasteiger partial charge < -0.3 is 4.74 Å². The summed E-state index contributed by atoms with van der Waals surface area (Å²) in [5.41, 5.74) is -8.35. The molecule has 0 saturated carbocycles. The lowest BCUT2D eigenvalue weighted by atomic mass is 9.91.